The molecule has 0 atom stereocenters. The molecule has 4 rings (SSSR count). The Morgan fingerprint density at radius 1 is 1.18 bits per heavy atom. The van der Waals surface area contributed by atoms with Crippen molar-refractivity contribution in [1.82, 2.24) is 14.6 Å². The van der Waals surface area contributed by atoms with Gasteiger partial charge in [-0.25, -0.2) is 0 Å². The molecule has 0 N–H and O–H groups in total. The predicted octanol–water partition coefficient (Wildman–Crippen LogP) is 4.41. The molecule has 108 valence electrons. The van der Waals surface area contributed by atoms with E-state index in [0.717, 1.165) is 33.0 Å². The smallest absolute Gasteiger partial charge is 0.152 e. The van der Waals surface area contributed by atoms with Crippen LogP contribution in [-0.4, -0.2) is 14.6 Å². The van der Waals surface area contributed by atoms with Gasteiger partial charge in [-0.05, 0) is 11.1 Å². The maximum absolute atomic E-state index is 5.45. The first-order chi connectivity index (χ1) is 10.8. The average molecular weight is 307 g/mol. The van der Waals surface area contributed by atoms with Gasteiger partial charge < -0.3 is 4.42 Å². The number of hydrogen-bond acceptors (Lipinski definition) is 4. The molecular formula is C17H13N3OS. The van der Waals surface area contributed by atoms with Crippen LogP contribution in [0.1, 0.15) is 11.1 Å². The van der Waals surface area contributed by atoms with Gasteiger partial charge in [-0.15, -0.1) is 10.2 Å². The summed E-state index contributed by atoms with van der Waals surface area (Å²) in [4.78, 5) is 0. The quantitative estimate of drug-likeness (QED) is 0.524. The summed E-state index contributed by atoms with van der Waals surface area (Å²) in [7, 11) is 0. The third-order valence-electron chi connectivity index (χ3n) is 3.59. The molecule has 1 aromatic carbocycles. The van der Waals surface area contributed by atoms with Gasteiger partial charge in [-0.3, -0.25) is 4.40 Å². The zero-order chi connectivity index (χ0) is 14.9. The van der Waals surface area contributed by atoms with E-state index in [1.54, 1.807) is 24.4 Å². The predicted molar refractivity (Wildman–Crippen MR) is 88.9 cm³/mol. The van der Waals surface area contributed by atoms with E-state index in [0.29, 0.717) is 0 Å². The highest BCUT2D eigenvalue weighted by atomic mass is 32.2. The Morgan fingerprint density at radius 3 is 2.86 bits per heavy atom. The number of hydrogen-bond donors (Lipinski definition) is 0. The van der Waals surface area contributed by atoms with Crippen molar-refractivity contribution in [2.45, 2.75) is 10.8 Å². The molecule has 0 aliphatic carbocycles. The van der Waals surface area contributed by atoms with Crippen molar-refractivity contribution >= 4 is 34.5 Å². The van der Waals surface area contributed by atoms with E-state index in [2.05, 4.69) is 41.0 Å². The second-order valence-electron chi connectivity index (χ2n) is 4.94. The Bertz CT molecular complexity index is 953. The van der Waals surface area contributed by atoms with E-state index in [1.807, 2.05) is 22.6 Å². The molecule has 4 nitrogen and oxygen atoms in total. The van der Waals surface area contributed by atoms with Crippen molar-refractivity contribution in [2.24, 2.45) is 0 Å². The zero-order valence-corrected chi connectivity index (χ0v) is 12.6. The minimum absolute atomic E-state index is 0.846. The van der Waals surface area contributed by atoms with E-state index in [-0.39, 0.29) is 0 Å². The van der Waals surface area contributed by atoms with Gasteiger partial charge in [-0.2, -0.15) is 0 Å². The molecule has 0 radical (unpaired) electrons. The summed E-state index contributed by atoms with van der Waals surface area (Å²) in [5.41, 5.74) is 5.27. The molecule has 3 aromatic heterocycles. The van der Waals surface area contributed by atoms with Crippen molar-refractivity contribution in [2.75, 3.05) is 0 Å². The van der Waals surface area contributed by atoms with Gasteiger partial charge in [0.1, 0.15) is 11.4 Å². The first-order valence-electron chi connectivity index (χ1n) is 6.89. The lowest BCUT2D eigenvalue weighted by Gasteiger charge is -2.03. The first kappa shape index (κ1) is 13.2. The lowest BCUT2D eigenvalue weighted by Crippen LogP contribution is -1.93. The van der Waals surface area contributed by atoms with Crippen molar-refractivity contribution in [1.29, 1.82) is 0 Å². The highest BCUT2D eigenvalue weighted by Crippen LogP contribution is 2.29. The van der Waals surface area contributed by atoms with Gasteiger partial charge in [-0.1, -0.05) is 48.7 Å². The van der Waals surface area contributed by atoms with Crippen molar-refractivity contribution in [3.8, 4) is 0 Å². The Hall–Kier alpha value is -2.53. The monoisotopic (exact) mass is 307 g/mol. The molecule has 0 fully saturated rings. The normalized spacial score (nSPS) is 11.3. The molecule has 0 saturated carbocycles. The molecule has 0 unspecified atom stereocenters. The summed E-state index contributed by atoms with van der Waals surface area (Å²) in [5.74, 6) is 0.846. The molecule has 3 heterocycles. The summed E-state index contributed by atoms with van der Waals surface area (Å²) in [6.07, 6.45) is 5.25. The fourth-order valence-corrected chi connectivity index (χ4v) is 3.33. The zero-order valence-electron chi connectivity index (χ0n) is 11.8. The van der Waals surface area contributed by atoms with E-state index in [9.17, 15) is 0 Å². The molecule has 22 heavy (non-hydrogen) atoms. The molecule has 0 aliphatic heterocycles. The van der Waals surface area contributed by atoms with Crippen molar-refractivity contribution in [3.63, 3.8) is 0 Å². The van der Waals surface area contributed by atoms with Gasteiger partial charge in [0.25, 0.3) is 0 Å². The number of furan rings is 1. The van der Waals surface area contributed by atoms with Gasteiger partial charge in [0.05, 0.1) is 17.3 Å². The Morgan fingerprint density at radius 2 is 2.05 bits per heavy atom. The van der Waals surface area contributed by atoms with Crippen LogP contribution in [0, 0.1) is 0 Å². The lowest BCUT2D eigenvalue weighted by molar-refractivity contribution is 0.616. The van der Waals surface area contributed by atoms with Gasteiger partial charge in [0.2, 0.25) is 0 Å². The van der Waals surface area contributed by atoms with E-state index < -0.39 is 0 Å². The third kappa shape index (κ3) is 2.19. The van der Waals surface area contributed by atoms with E-state index >= 15 is 0 Å². The molecule has 0 saturated heterocycles. The molecule has 4 aromatic rings. The minimum atomic E-state index is 0.846. The Labute approximate surface area is 131 Å². The maximum atomic E-state index is 5.45. The molecular weight excluding hydrogens is 294 g/mol. The summed E-state index contributed by atoms with van der Waals surface area (Å²) < 4.78 is 7.46. The van der Waals surface area contributed by atoms with Gasteiger partial charge in [0, 0.05) is 17.9 Å². The fourth-order valence-electron chi connectivity index (χ4n) is 2.42. The van der Waals surface area contributed by atoms with Crippen molar-refractivity contribution < 1.29 is 4.42 Å². The fraction of sp³-hybridized carbons (Fsp3) is 0.0588. The maximum Gasteiger partial charge on any atom is 0.152 e. The van der Waals surface area contributed by atoms with Crippen LogP contribution in [-0.2, 0) is 5.75 Å². The highest BCUT2D eigenvalue weighted by molar-refractivity contribution is 7.98. The summed E-state index contributed by atoms with van der Waals surface area (Å²) in [5, 5.41) is 9.26. The largest absolute Gasteiger partial charge is 0.463 e. The molecule has 5 heteroatoms. The topological polar surface area (TPSA) is 43.3 Å². The molecule has 0 bridgehead atoms. The highest BCUT2D eigenvalue weighted by Gasteiger charge is 2.11. The van der Waals surface area contributed by atoms with E-state index in [4.69, 9.17) is 4.42 Å². The summed E-state index contributed by atoms with van der Waals surface area (Å²) in [6.45, 7) is 3.77. The van der Waals surface area contributed by atoms with Crippen LogP contribution >= 0.6 is 11.8 Å². The van der Waals surface area contributed by atoms with Crippen LogP contribution in [0.5, 0.6) is 0 Å². The standard InChI is InChI=1S/C17H13N3OS/c1-2-12-3-5-13(6-4-12)10-22-17-15-9-16-14(7-8-21-16)20(15)11-18-19-17/h2-9,11H,1,10H2. The molecule has 0 amide bonds. The lowest BCUT2D eigenvalue weighted by atomic mass is 10.1. The minimum Gasteiger partial charge on any atom is -0.463 e. The van der Waals surface area contributed by atoms with Crippen LogP contribution in [0.4, 0.5) is 0 Å². The number of aromatic nitrogens is 3. The van der Waals surface area contributed by atoms with Crippen LogP contribution in [0.3, 0.4) is 0 Å². The van der Waals surface area contributed by atoms with Crippen LogP contribution < -0.4 is 0 Å². The first-order valence-corrected chi connectivity index (χ1v) is 7.88. The number of nitrogens with zero attached hydrogens (tertiary/aromatic N) is 3. The second kappa shape index (κ2) is 5.35. The number of fused-ring (bicyclic) bond motifs is 3. The molecule has 0 aliphatic rings. The Kier molecular flexibility index (Phi) is 3.20. The number of thioether (sulfide) groups is 1. The van der Waals surface area contributed by atoms with Gasteiger partial charge >= 0.3 is 0 Å². The summed E-state index contributed by atoms with van der Waals surface area (Å²) in [6, 6.07) is 12.3. The van der Waals surface area contributed by atoms with Crippen LogP contribution in [0.2, 0.25) is 0 Å². The summed E-state index contributed by atoms with van der Waals surface area (Å²) >= 11 is 1.67. The molecule has 0 spiro atoms. The van der Waals surface area contributed by atoms with Gasteiger partial charge in [0.15, 0.2) is 5.58 Å². The average Bonchev–Trinajstić information content (AvgIpc) is 3.15. The number of rotatable bonds is 4. The van der Waals surface area contributed by atoms with Crippen LogP contribution in [0.15, 0.2) is 65.0 Å². The van der Waals surface area contributed by atoms with Crippen molar-refractivity contribution in [3.05, 3.63) is 66.7 Å². The van der Waals surface area contributed by atoms with Crippen LogP contribution in [0.25, 0.3) is 22.7 Å². The second-order valence-corrected chi connectivity index (χ2v) is 5.90. The third-order valence-corrected chi connectivity index (χ3v) is 4.63. The van der Waals surface area contributed by atoms with E-state index in [1.165, 1.54) is 5.56 Å². The SMILES string of the molecule is C=Cc1ccc(CSc2nncn3c2cc2occc23)cc1. The Balaban J connectivity index is 1.64. The number of benzene rings is 1.